The summed E-state index contributed by atoms with van der Waals surface area (Å²) in [6, 6.07) is 0. The van der Waals surface area contributed by atoms with Crippen LogP contribution in [0.4, 0.5) is 0 Å². The molecule has 2 heterocycles. The number of nitrogens with zero attached hydrogens (tertiary/aromatic N) is 6. The number of hydrogen-bond donors (Lipinski definition) is 2. The van der Waals surface area contributed by atoms with Crippen LogP contribution in [-0.4, -0.2) is 47.8 Å². The van der Waals surface area contributed by atoms with Crippen LogP contribution in [-0.2, 0) is 7.05 Å². The Kier molecular flexibility index (Phi) is 4.39. The van der Waals surface area contributed by atoms with Gasteiger partial charge in [0.1, 0.15) is 17.2 Å². The van der Waals surface area contributed by atoms with Crippen LogP contribution in [0, 0.1) is 15.6 Å². The molecule has 0 fully saturated rings. The predicted molar refractivity (Wildman–Crippen MR) is 89.1 cm³/mol. The van der Waals surface area contributed by atoms with Gasteiger partial charge in [-0.3, -0.25) is 5.21 Å². The van der Waals surface area contributed by atoms with Crippen molar-refractivity contribution in [2.45, 2.75) is 5.16 Å². The van der Waals surface area contributed by atoms with Crippen LogP contribution in [0.2, 0.25) is 0 Å². The van der Waals surface area contributed by atoms with Crippen molar-refractivity contribution in [1.82, 2.24) is 30.2 Å². The number of aryl methyl sites for hydroxylation is 1. The molecule has 0 bridgehead atoms. The van der Waals surface area contributed by atoms with E-state index in [2.05, 4.69) is 15.5 Å². The lowest BCUT2D eigenvalue weighted by Gasteiger charge is -2.23. The molecule has 0 radical (unpaired) electrons. The van der Waals surface area contributed by atoms with Crippen molar-refractivity contribution in [2.24, 2.45) is 7.05 Å². The maximum Gasteiger partial charge on any atom is 0.222 e. The third-order valence-corrected chi connectivity index (χ3v) is 4.69. The first-order valence-corrected chi connectivity index (χ1v) is 7.75. The van der Waals surface area contributed by atoms with Crippen LogP contribution in [0.3, 0.4) is 0 Å². The molecule has 1 aliphatic carbocycles. The van der Waals surface area contributed by atoms with Crippen molar-refractivity contribution in [2.75, 3.05) is 7.05 Å². The minimum Gasteiger partial charge on any atom is -0.732 e. The number of rotatable bonds is 3. The van der Waals surface area contributed by atoms with Gasteiger partial charge in [-0.25, -0.2) is 0 Å². The van der Waals surface area contributed by atoms with Crippen molar-refractivity contribution in [3.63, 3.8) is 0 Å². The molecular weight excluding hydrogens is 350 g/mol. The summed E-state index contributed by atoms with van der Waals surface area (Å²) in [6.07, 6.45) is 7.34. The van der Waals surface area contributed by atoms with Crippen LogP contribution in [0.5, 0.6) is 0 Å². The highest BCUT2D eigenvalue weighted by Crippen LogP contribution is 2.36. The molecular formula is C13H13N7O4S-2. The lowest BCUT2D eigenvalue weighted by atomic mass is 10.1. The van der Waals surface area contributed by atoms with Gasteiger partial charge in [0.05, 0.1) is 0 Å². The largest absolute Gasteiger partial charge is 0.732 e. The van der Waals surface area contributed by atoms with Gasteiger partial charge in [-0.2, -0.15) is 4.90 Å². The van der Waals surface area contributed by atoms with Gasteiger partial charge in [0.25, 0.3) is 0 Å². The van der Waals surface area contributed by atoms with Gasteiger partial charge in [0.15, 0.2) is 11.0 Å². The summed E-state index contributed by atoms with van der Waals surface area (Å²) in [6.45, 7) is 0. The summed E-state index contributed by atoms with van der Waals surface area (Å²) in [5.41, 5.74) is 0.570. The van der Waals surface area contributed by atoms with Crippen LogP contribution in [0.15, 0.2) is 58.0 Å². The minimum absolute atomic E-state index is 0.0422. The Morgan fingerprint density at radius 3 is 2.44 bits per heavy atom. The molecule has 0 atom stereocenters. The molecule has 132 valence electrons. The second-order valence-electron chi connectivity index (χ2n) is 5.09. The molecule has 0 saturated heterocycles. The summed E-state index contributed by atoms with van der Waals surface area (Å²) in [7, 11) is 3.44. The average molecular weight is 363 g/mol. The molecule has 0 spiro atoms. The van der Waals surface area contributed by atoms with Crippen molar-refractivity contribution < 1.29 is 10.1 Å². The van der Waals surface area contributed by atoms with E-state index < -0.39 is 4.90 Å². The Bertz CT molecular complexity index is 830. The molecule has 0 amide bonds. The van der Waals surface area contributed by atoms with Gasteiger partial charge in [0.2, 0.25) is 5.71 Å². The van der Waals surface area contributed by atoms with E-state index in [1.807, 2.05) is 0 Å². The molecule has 1 aromatic rings. The fraction of sp³-hybridized carbons (Fsp3) is 0.154. The lowest BCUT2D eigenvalue weighted by Crippen LogP contribution is -2.23. The van der Waals surface area contributed by atoms with Gasteiger partial charge in [-0.15, -0.1) is 10.2 Å². The zero-order valence-corrected chi connectivity index (χ0v) is 14.0. The summed E-state index contributed by atoms with van der Waals surface area (Å²) in [5.74, 6) is 0.410. The second-order valence-corrected chi connectivity index (χ2v) is 6.05. The standard InChI is InChI=1S/C13H13N7O4S/c1-17-7-14-16-13(17)25-12-11(20(23)24)15-10(18(12)2)8-3-5-9(6-4-8)19(21)22/h3-7,15,23H,1-2H3/q-2. The molecule has 0 saturated carbocycles. The molecule has 1 aliphatic heterocycles. The maximum absolute atomic E-state index is 11.5. The van der Waals surface area contributed by atoms with Crippen LogP contribution < -0.4 is 5.32 Å². The first-order valence-electron chi connectivity index (χ1n) is 6.93. The Labute approximate surface area is 146 Å². The van der Waals surface area contributed by atoms with Crippen molar-refractivity contribution >= 4 is 17.5 Å². The Hall–Kier alpha value is -2.96. The molecule has 12 heteroatoms. The highest BCUT2D eigenvalue weighted by molar-refractivity contribution is 8.02. The fourth-order valence-electron chi connectivity index (χ4n) is 2.21. The number of hydroxylamine groups is 2. The molecule has 2 N–H and O–H groups in total. The van der Waals surface area contributed by atoms with E-state index in [9.17, 15) is 20.8 Å². The normalized spacial score (nSPS) is 16.8. The van der Waals surface area contributed by atoms with Crippen LogP contribution in [0.25, 0.3) is 0 Å². The van der Waals surface area contributed by atoms with E-state index >= 15 is 0 Å². The Morgan fingerprint density at radius 1 is 1.24 bits per heavy atom. The number of nitrogens with one attached hydrogen (secondary N) is 1. The van der Waals surface area contributed by atoms with Gasteiger partial charge in [-0.05, 0) is 23.9 Å². The first-order chi connectivity index (χ1) is 11.9. The number of thioether (sulfide) groups is 1. The topological polar surface area (TPSA) is 142 Å². The average Bonchev–Trinajstić information content (AvgIpc) is 3.12. The Balaban J connectivity index is 1.94. The second kappa shape index (κ2) is 6.51. The molecule has 0 unspecified atom stereocenters. The third-order valence-electron chi connectivity index (χ3n) is 3.48. The monoisotopic (exact) mass is 363 g/mol. The van der Waals surface area contributed by atoms with E-state index in [-0.39, 0.29) is 16.8 Å². The van der Waals surface area contributed by atoms with E-state index in [0.717, 1.165) is 11.8 Å². The third kappa shape index (κ3) is 3.17. The first kappa shape index (κ1) is 16.9. The SMILES string of the molecule is CN1C(=C2C=CC(=[N+]([O-])[O-])C=C2)NC(N([O-])O)=C1Sc1nncn1C. The summed E-state index contributed by atoms with van der Waals surface area (Å²) >= 11 is 1.14. The number of allylic oxidation sites excluding steroid dienone is 5. The highest BCUT2D eigenvalue weighted by atomic mass is 32.2. The maximum atomic E-state index is 11.5. The van der Waals surface area contributed by atoms with Gasteiger partial charge < -0.3 is 35.6 Å². The lowest BCUT2D eigenvalue weighted by molar-refractivity contribution is -0.377. The Morgan fingerprint density at radius 2 is 1.92 bits per heavy atom. The van der Waals surface area contributed by atoms with Gasteiger partial charge in [-0.1, -0.05) is 0 Å². The number of aromatic nitrogens is 3. The smallest absolute Gasteiger partial charge is 0.222 e. The van der Waals surface area contributed by atoms with Gasteiger partial charge in [0, 0.05) is 31.8 Å². The van der Waals surface area contributed by atoms with E-state index in [1.54, 1.807) is 35.7 Å². The number of hydrogen-bond acceptors (Lipinski definition) is 10. The molecule has 2 aliphatic rings. The fourth-order valence-corrected chi connectivity index (χ4v) is 3.12. The zero-order chi connectivity index (χ0) is 18.1. The van der Waals surface area contributed by atoms with Crippen molar-refractivity contribution in [1.29, 1.82) is 0 Å². The zero-order valence-electron chi connectivity index (χ0n) is 13.2. The molecule has 3 rings (SSSR count). The van der Waals surface area contributed by atoms with E-state index in [4.69, 9.17) is 0 Å². The van der Waals surface area contributed by atoms with Crippen molar-refractivity contribution in [3.05, 3.63) is 68.5 Å². The van der Waals surface area contributed by atoms with Crippen LogP contribution >= 0.6 is 11.8 Å². The van der Waals surface area contributed by atoms with Crippen LogP contribution in [0.1, 0.15) is 0 Å². The molecule has 25 heavy (non-hydrogen) atoms. The molecule has 11 nitrogen and oxygen atoms in total. The molecule has 1 aromatic heterocycles. The summed E-state index contributed by atoms with van der Waals surface area (Å²) in [5, 5.41) is 53.6. The van der Waals surface area contributed by atoms with Crippen molar-refractivity contribution in [3.8, 4) is 0 Å². The van der Waals surface area contributed by atoms with Gasteiger partial charge >= 0.3 is 0 Å². The summed E-state index contributed by atoms with van der Waals surface area (Å²) in [4.78, 5) is 1.16. The predicted octanol–water partition coefficient (Wildman–Crippen LogP) is 0.544. The quantitative estimate of drug-likeness (QED) is 0.577. The van der Waals surface area contributed by atoms with E-state index in [0.29, 0.717) is 21.6 Å². The van der Waals surface area contributed by atoms with E-state index in [1.165, 1.54) is 18.5 Å². The highest BCUT2D eigenvalue weighted by Gasteiger charge is 2.29. The minimum atomic E-state index is -0.494. The summed E-state index contributed by atoms with van der Waals surface area (Å²) < 4.78 is 1.67. The molecule has 0 aromatic carbocycles.